The first kappa shape index (κ1) is 21.0. The van der Waals surface area contributed by atoms with Crippen LogP contribution in [0, 0.1) is 17.1 Å². The van der Waals surface area contributed by atoms with Gasteiger partial charge in [0.2, 0.25) is 5.91 Å². The molecule has 0 aliphatic carbocycles. The van der Waals surface area contributed by atoms with Crippen molar-refractivity contribution in [1.82, 2.24) is 4.98 Å². The standard InChI is InChI=1S/C24H19FN4O3/c1-2-21(24(31)29-14-22(30)28-20-4-3-11-27-23(20)29)32-17-8-6-16(7-9-17)18-10-5-15(13-26)12-19(18)25/h3-12,21H,2,14H2,1H3,(H,28,30). The average Bonchev–Trinajstić information content (AvgIpc) is 2.82. The number of halogens is 1. The zero-order chi connectivity index (χ0) is 22.7. The van der Waals surface area contributed by atoms with E-state index in [0.29, 0.717) is 34.8 Å². The molecule has 0 spiro atoms. The molecule has 0 fully saturated rings. The monoisotopic (exact) mass is 430 g/mol. The largest absolute Gasteiger partial charge is 0.481 e. The Hall–Kier alpha value is -4.25. The fraction of sp³-hybridized carbons (Fsp3) is 0.167. The second-order valence-electron chi connectivity index (χ2n) is 7.19. The van der Waals surface area contributed by atoms with Crippen LogP contribution in [0.4, 0.5) is 15.9 Å². The highest BCUT2D eigenvalue weighted by Gasteiger charge is 2.33. The molecule has 0 saturated carbocycles. The lowest BCUT2D eigenvalue weighted by molar-refractivity contribution is -0.127. The lowest BCUT2D eigenvalue weighted by Gasteiger charge is -2.30. The van der Waals surface area contributed by atoms with Crippen molar-refractivity contribution in [2.75, 3.05) is 16.8 Å². The summed E-state index contributed by atoms with van der Waals surface area (Å²) < 4.78 is 20.2. The summed E-state index contributed by atoms with van der Waals surface area (Å²) in [6, 6.07) is 16.2. The Bertz CT molecular complexity index is 1220. The number of ether oxygens (including phenoxy) is 1. The first-order valence-electron chi connectivity index (χ1n) is 10.0. The van der Waals surface area contributed by atoms with Gasteiger partial charge in [0.1, 0.15) is 18.1 Å². The van der Waals surface area contributed by atoms with Crippen molar-refractivity contribution in [3.8, 4) is 22.9 Å². The van der Waals surface area contributed by atoms with E-state index in [2.05, 4.69) is 10.3 Å². The number of rotatable bonds is 5. The Morgan fingerprint density at radius 1 is 1.28 bits per heavy atom. The molecule has 160 valence electrons. The number of hydrogen-bond acceptors (Lipinski definition) is 5. The van der Waals surface area contributed by atoms with Gasteiger partial charge in [-0.1, -0.05) is 25.1 Å². The van der Waals surface area contributed by atoms with Crippen LogP contribution in [0.2, 0.25) is 0 Å². The molecule has 7 nitrogen and oxygen atoms in total. The molecule has 1 aromatic heterocycles. The number of benzene rings is 2. The third-order valence-corrected chi connectivity index (χ3v) is 5.07. The zero-order valence-electron chi connectivity index (χ0n) is 17.2. The van der Waals surface area contributed by atoms with Crippen molar-refractivity contribution < 1.29 is 18.7 Å². The van der Waals surface area contributed by atoms with E-state index >= 15 is 0 Å². The lowest BCUT2D eigenvalue weighted by atomic mass is 10.0. The third-order valence-electron chi connectivity index (χ3n) is 5.07. The highest BCUT2D eigenvalue weighted by Crippen LogP contribution is 2.29. The van der Waals surface area contributed by atoms with Gasteiger partial charge in [0.05, 0.1) is 17.3 Å². The fourth-order valence-electron chi connectivity index (χ4n) is 3.48. The van der Waals surface area contributed by atoms with E-state index in [1.807, 2.05) is 13.0 Å². The fourth-order valence-corrected chi connectivity index (χ4v) is 3.48. The summed E-state index contributed by atoms with van der Waals surface area (Å²) in [5.74, 6) is -0.350. The van der Waals surface area contributed by atoms with E-state index in [4.69, 9.17) is 10.00 Å². The maximum absolute atomic E-state index is 14.3. The molecule has 1 atom stereocenters. The number of nitrogens with zero attached hydrogens (tertiary/aromatic N) is 3. The Morgan fingerprint density at radius 3 is 2.75 bits per heavy atom. The van der Waals surface area contributed by atoms with Crippen LogP contribution < -0.4 is 15.0 Å². The number of nitrogens with one attached hydrogen (secondary N) is 1. The summed E-state index contributed by atoms with van der Waals surface area (Å²) in [5, 5.41) is 11.6. The molecule has 4 rings (SSSR count). The van der Waals surface area contributed by atoms with Crippen molar-refractivity contribution >= 4 is 23.3 Å². The molecule has 2 heterocycles. The normalized spacial score (nSPS) is 13.5. The van der Waals surface area contributed by atoms with Gasteiger partial charge in [0.15, 0.2) is 11.9 Å². The molecule has 1 unspecified atom stereocenters. The topological polar surface area (TPSA) is 95.3 Å². The van der Waals surface area contributed by atoms with Crippen LogP contribution in [-0.2, 0) is 9.59 Å². The van der Waals surface area contributed by atoms with Gasteiger partial charge in [-0.15, -0.1) is 0 Å². The van der Waals surface area contributed by atoms with Crippen molar-refractivity contribution in [2.24, 2.45) is 0 Å². The smallest absolute Gasteiger partial charge is 0.269 e. The Kier molecular flexibility index (Phi) is 5.81. The van der Waals surface area contributed by atoms with Crippen molar-refractivity contribution in [3.63, 3.8) is 0 Å². The van der Waals surface area contributed by atoms with Crippen molar-refractivity contribution in [3.05, 3.63) is 72.2 Å². The minimum Gasteiger partial charge on any atom is -0.481 e. The van der Waals surface area contributed by atoms with Crippen LogP contribution in [0.3, 0.4) is 0 Å². The average molecular weight is 430 g/mol. The van der Waals surface area contributed by atoms with E-state index in [-0.39, 0.29) is 23.9 Å². The Morgan fingerprint density at radius 2 is 2.06 bits per heavy atom. The van der Waals surface area contributed by atoms with Gasteiger partial charge in [-0.05, 0) is 48.4 Å². The van der Waals surface area contributed by atoms with Crippen molar-refractivity contribution in [2.45, 2.75) is 19.4 Å². The molecular weight excluding hydrogens is 411 g/mol. The minimum absolute atomic E-state index is 0.139. The zero-order valence-corrected chi connectivity index (χ0v) is 17.2. The molecule has 1 aliphatic heterocycles. The van der Waals surface area contributed by atoms with E-state index in [1.165, 1.54) is 11.0 Å². The SMILES string of the molecule is CCC(Oc1ccc(-c2ccc(C#N)cc2F)cc1)C(=O)N1CC(=O)Nc2cccnc21. The van der Waals surface area contributed by atoms with Gasteiger partial charge in [-0.2, -0.15) is 5.26 Å². The Balaban J connectivity index is 1.53. The number of amides is 2. The van der Waals surface area contributed by atoms with E-state index in [9.17, 15) is 14.0 Å². The number of carbonyl (C=O) groups excluding carboxylic acids is 2. The molecule has 0 bridgehead atoms. The van der Waals surface area contributed by atoms with Crippen LogP contribution in [0.1, 0.15) is 18.9 Å². The number of pyridine rings is 1. The molecule has 32 heavy (non-hydrogen) atoms. The van der Waals surface area contributed by atoms with E-state index < -0.39 is 11.9 Å². The number of aromatic nitrogens is 1. The summed E-state index contributed by atoms with van der Waals surface area (Å²) in [5.41, 5.74) is 1.70. The van der Waals surface area contributed by atoms with E-state index in [1.54, 1.807) is 54.7 Å². The summed E-state index contributed by atoms with van der Waals surface area (Å²) >= 11 is 0. The van der Waals surface area contributed by atoms with E-state index in [0.717, 1.165) is 0 Å². The van der Waals surface area contributed by atoms with Gasteiger partial charge in [-0.3, -0.25) is 14.5 Å². The first-order chi connectivity index (χ1) is 15.5. The molecule has 1 aliphatic rings. The van der Waals surface area contributed by atoms with Crippen LogP contribution >= 0.6 is 0 Å². The molecule has 2 amide bonds. The quantitative estimate of drug-likeness (QED) is 0.662. The van der Waals surface area contributed by atoms with Crippen LogP contribution in [0.5, 0.6) is 5.75 Å². The number of anilines is 2. The molecule has 3 aromatic rings. The molecule has 2 aromatic carbocycles. The van der Waals surface area contributed by atoms with Crippen LogP contribution in [-0.4, -0.2) is 29.4 Å². The highest BCUT2D eigenvalue weighted by atomic mass is 19.1. The molecule has 0 saturated heterocycles. The summed E-state index contributed by atoms with van der Waals surface area (Å²) in [6.45, 7) is 1.67. The molecule has 8 heteroatoms. The summed E-state index contributed by atoms with van der Waals surface area (Å²) in [7, 11) is 0. The van der Waals surface area contributed by atoms with Gasteiger partial charge in [-0.25, -0.2) is 9.37 Å². The first-order valence-corrected chi connectivity index (χ1v) is 10.0. The highest BCUT2D eigenvalue weighted by molar-refractivity contribution is 6.10. The number of hydrogen-bond donors (Lipinski definition) is 1. The second-order valence-corrected chi connectivity index (χ2v) is 7.19. The van der Waals surface area contributed by atoms with Gasteiger partial charge >= 0.3 is 0 Å². The van der Waals surface area contributed by atoms with Gasteiger partial charge in [0.25, 0.3) is 5.91 Å². The predicted molar refractivity (Wildman–Crippen MR) is 116 cm³/mol. The number of nitriles is 1. The van der Waals surface area contributed by atoms with Gasteiger partial charge < -0.3 is 10.1 Å². The second kappa shape index (κ2) is 8.86. The van der Waals surface area contributed by atoms with Gasteiger partial charge in [0, 0.05) is 11.8 Å². The maximum atomic E-state index is 14.3. The molecule has 0 radical (unpaired) electrons. The predicted octanol–water partition coefficient (Wildman–Crippen LogP) is 3.90. The minimum atomic E-state index is -0.826. The van der Waals surface area contributed by atoms with Crippen molar-refractivity contribution in [1.29, 1.82) is 5.26 Å². The summed E-state index contributed by atoms with van der Waals surface area (Å²) in [6.07, 6.45) is 1.11. The number of fused-ring (bicyclic) bond motifs is 1. The lowest BCUT2D eigenvalue weighted by Crippen LogP contribution is -2.48. The summed E-state index contributed by atoms with van der Waals surface area (Å²) in [4.78, 5) is 30.7. The van der Waals surface area contributed by atoms with Crippen LogP contribution in [0.15, 0.2) is 60.8 Å². The third kappa shape index (κ3) is 4.14. The van der Waals surface area contributed by atoms with Crippen LogP contribution in [0.25, 0.3) is 11.1 Å². The molecular formula is C24H19FN4O3. The maximum Gasteiger partial charge on any atom is 0.269 e. The molecule has 1 N–H and O–H groups in total. The Labute approximate surface area is 184 Å². The number of carbonyl (C=O) groups is 2.